The SMILES string of the molecule is CCNCc1cnc(N2CCSC(C)C2)s1. The van der Waals surface area contributed by atoms with Gasteiger partial charge in [0.25, 0.3) is 0 Å². The molecule has 1 N–H and O–H groups in total. The molecule has 1 unspecified atom stereocenters. The summed E-state index contributed by atoms with van der Waals surface area (Å²) in [5, 5.41) is 5.26. The molecule has 0 aromatic carbocycles. The van der Waals surface area contributed by atoms with Gasteiger partial charge in [0, 0.05) is 41.7 Å². The van der Waals surface area contributed by atoms with E-state index in [1.807, 2.05) is 17.5 Å². The summed E-state index contributed by atoms with van der Waals surface area (Å²) in [5.41, 5.74) is 0. The van der Waals surface area contributed by atoms with E-state index in [4.69, 9.17) is 0 Å². The van der Waals surface area contributed by atoms with Gasteiger partial charge < -0.3 is 10.2 Å². The predicted octanol–water partition coefficient (Wildman–Crippen LogP) is 2.19. The zero-order valence-corrected chi connectivity index (χ0v) is 11.5. The van der Waals surface area contributed by atoms with E-state index in [1.165, 1.54) is 15.8 Å². The van der Waals surface area contributed by atoms with E-state index in [-0.39, 0.29) is 0 Å². The minimum absolute atomic E-state index is 0.731. The second-order valence-electron chi connectivity index (χ2n) is 4.02. The molecule has 0 aliphatic carbocycles. The lowest BCUT2D eigenvalue weighted by Gasteiger charge is -2.30. The molecule has 0 amide bonds. The molecular formula is C11H19N3S2. The van der Waals surface area contributed by atoms with Crippen LogP contribution >= 0.6 is 23.1 Å². The van der Waals surface area contributed by atoms with Gasteiger partial charge in [0.2, 0.25) is 0 Å². The van der Waals surface area contributed by atoms with Crippen LogP contribution in [0, 0.1) is 0 Å². The van der Waals surface area contributed by atoms with Crippen molar-refractivity contribution >= 4 is 28.2 Å². The molecule has 1 aromatic rings. The molecule has 1 aromatic heterocycles. The molecule has 2 rings (SSSR count). The molecule has 0 spiro atoms. The van der Waals surface area contributed by atoms with Gasteiger partial charge in [-0.1, -0.05) is 13.8 Å². The van der Waals surface area contributed by atoms with Crippen molar-refractivity contribution in [3.63, 3.8) is 0 Å². The molecule has 0 saturated carbocycles. The number of anilines is 1. The quantitative estimate of drug-likeness (QED) is 0.895. The van der Waals surface area contributed by atoms with Crippen LogP contribution in [0.2, 0.25) is 0 Å². The van der Waals surface area contributed by atoms with Crippen LogP contribution in [-0.4, -0.2) is 35.6 Å². The minimum atomic E-state index is 0.731. The van der Waals surface area contributed by atoms with Crippen molar-refractivity contribution in [2.45, 2.75) is 25.6 Å². The van der Waals surface area contributed by atoms with Crippen LogP contribution < -0.4 is 10.2 Å². The Morgan fingerprint density at radius 1 is 1.62 bits per heavy atom. The molecule has 1 saturated heterocycles. The Balaban J connectivity index is 1.95. The van der Waals surface area contributed by atoms with Crippen molar-refractivity contribution in [1.82, 2.24) is 10.3 Å². The monoisotopic (exact) mass is 257 g/mol. The Labute approximate surface area is 106 Å². The van der Waals surface area contributed by atoms with Crippen molar-refractivity contribution in [3.8, 4) is 0 Å². The molecule has 90 valence electrons. The second kappa shape index (κ2) is 5.89. The molecule has 0 bridgehead atoms. The van der Waals surface area contributed by atoms with Gasteiger partial charge in [0.05, 0.1) is 0 Å². The number of nitrogens with one attached hydrogen (secondary N) is 1. The summed E-state index contributed by atoms with van der Waals surface area (Å²) in [6.07, 6.45) is 2.01. The number of hydrogen-bond donors (Lipinski definition) is 1. The lowest BCUT2D eigenvalue weighted by Crippen LogP contribution is -2.36. The lowest BCUT2D eigenvalue weighted by molar-refractivity contribution is 0.734. The fraction of sp³-hybridized carbons (Fsp3) is 0.727. The average Bonchev–Trinajstić information content (AvgIpc) is 2.75. The van der Waals surface area contributed by atoms with Crippen molar-refractivity contribution < 1.29 is 0 Å². The predicted molar refractivity (Wildman–Crippen MR) is 73.6 cm³/mol. The first-order valence-electron chi connectivity index (χ1n) is 5.81. The third-order valence-corrected chi connectivity index (χ3v) is 4.80. The van der Waals surface area contributed by atoms with E-state index in [0.29, 0.717) is 0 Å². The van der Waals surface area contributed by atoms with E-state index in [2.05, 4.69) is 40.8 Å². The highest BCUT2D eigenvalue weighted by Gasteiger charge is 2.19. The Morgan fingerprint density at radius 2 is 2.50 bits per heavy atom. The van der Waals surface area contributed by atoms with E-state index in [9.17, 15) is 0 Å². The van der Waals surface area contributed by atoms with Crippen LogP contribution in [0.1, 0.15) is 18.7 Å². The first kappa shape index (κ1) is 12.2. The molecule has 1 fully saturated rings. The van der Waals surface area contributed by atoms with E-state index < -0.39 is 0 Å². The first-order valence-corrected chi connectivity index (χ1v) is 7.68. The number of aromatic nitrogens is 1. The van der Waals surface area contributed by atoms with E-state index >= 15 is 0 Å². The molecule has 0 radical (unpaired) electrons. The molecule has 16 heavy (non-hydrogen) atoms. The van der Waals surface area contributed by atoms with Gasteiger partial charge in [-0.3, -0.25) is 0 Å². The number of nitrogens with zero attached hydrogens (tertiary/aromatic N) is 2. The highest BCUT2D eigenvalue weighted by atomic mass is 32.2. The summed E-state index contributed by atoms with van der Waals surface area (Å²) < 4.78 is 0. The van der Waals surface area contributed by atoms with Crippen molar-refractivity contribution in [2.24, 2.45) is 0 Å². The molecule has 1 atom stereocenters. The van der Waals surface area contributed by atoms with Gasteiger partial charge in [-0.2, -0.15) is 11.8 Å². The van der Waals surface area contributed by atoms with Gasteiger partial charge >= 0.3 is 0 Å². The summed E-state index contributed by atoms with van der Waals surface area (Å²) in [6, 6.07) is 0. The van der Waals surface area contributed by atoms with Crippen molar-refractivity contribution in [3.05, 3.63) is 11.1 Å². The van der Waals surface area contributed by atoms with Gasteiger partial charge in [0.1, 0.15) is 0 Å². The van der Waals surface area contributed by atoms with E-state index in [0.717, 1.165) is 31.4 Å². The summed E-state index contributed by atoms with van der Waals surface area (Å²) >= 11 is 3.88. The normalized spacial score (nSPS) is 21.4. The smallest absolute Gasteiger partial charge is 0.185 e. The Hall–Kier alpha value is -0.260. The van der Waals surface area contributed by atoms with Crippen LogP contribution in [0.5, 0.6) is 0 Å². The Kier molecular flexibility index (Phi) is 4.49. The topological polar surface area (TPSA) is 28.2 Å². The lowest BCUT2D eigenvalue weighted by atomic mass is 10.4. The van der Waals surface area contributed by atoms with Crippen LogP contribution in [0.25, 0.3) is 0 Å². The van der Waals surface area contributed by atoms with Crippen LogP contribution in [-0.2, 0) is 6.54 Å². The summed E-state index contributed by atoms with van der Waals surface area (Å²) in [7, 11) is 0. The van der Waals surface area contributed by atoms with Crippen LogP contribution in [0.4, 0.5) is 5.13 Å². The van der Waals surface area contributed by atoms with Gasteiger partial charge in [0.15, 0.2) is 5.13 Å². The van der Waals surface area contributed by atoms with E-state index in [1.54, 1.807) is 0 Å². The maximum absolute atomic E-state index is 4.52. The number of thioether (sulfide) groups is 1. The number of thiazole rings is 1. The third-order valence-electron chi connectivity index (χ3n) is 2.60. The zero-order valence-electron chi connectivity index (χ0n) is 9.90. The van der Waals surface area contributed by atoms with Gasteiger partial charge in [-0.25, -0.2) is 4.98 Å². The molecule has 3 nitrogen and oxygen atoms in total. The largest absolute Gasteiger partial charge is 0.346 e. The highest BCUT2D eigenvalue weighted by Crippen LogP contribution is 2.27. The number of rotatable bonds is 4. The zero-order chi connectivity index (χ0) is 11.4. The van der Waals surface area contributed by atoms with Gasteiger partial charge in [-0.05, 0) is 6.54 Å². The molecule has 1 aliphatic rings. The second-order valence-corrected chi connectivity index (χ2v) is 6.66. The summed E-state index contributed by atoms with van der Waals surface area (Å²) in [6.45, 7) is 8.67. The maximum atomic E-state index is 4.52. The third kappa shape index (κ3) is 3.12. The molecule has 1 aliphatic heterocycles. The highest BCUT2D eigenvalue weighted by molar-refractivity contribution is 8.00. The Bertz CT molecular complexity index is 327. The van der Waals surface area contributed by atoms with Crippen molar-refractivity contribution in [2.75, 3.05) is 30.3 Å². The summed E-state index contributed by atoms with van der Waals surface area (Å²) in [5.74, 6) is 1.23. The minimum Gasteiger partial charge on any atom is -0.346 e. The molecule has 5 heteroatoms. The Morgan fingerprint density at radius 3 is 3.25 bits per heavy atom. The summed E-state index contributed by atoms with van der Waals surface area (Å²) in [4.78, 5) is 8.28. The van der Waals surface area contributed by atoms with Crippen LogP contribution in [0.3, 0.4) is 0 Å². The fourth-order valence-electron chi connectivity index (χ4n) is 1.77. The average molecular weight is 257 g/mol. The van der Waals surface area contributed by atoms with Crippen LogP contribution in [0.15, 0.2) is 6.20 Å². The molecule has 2 heterocycles. The molecular weight excluding hydrogens is 238 g/mol. The maximum Gasteiger partial charge on any atom is 0.185 e. The number of hydrogen-bond acceptors (Lipinski definition) is 5. The van der Waals surface area contributed by atoms with Gasteiger partial charge in [-0.15, -0.1) is 11.3 Å². The fourth-order valence-corrected chi connectivity index (χ4v) is 3.69. The first-order chi connectivity index (χ1) is 7.79. The van der Waals surface area contributed by atoms with Crippen molar-refractivity contribution in [1.29, 1.82) is 0 Å². The standard InChI is InChI=1S/C11H19N3S2/c1-3-12-6-10-7-13-11(16-10)14-4-5-15-9(2)8-14/h7,9,12H,3-6,8H2,1-2H3.